The number of benzene rings is 2. The first kappa shape index (κ1) is 19.2. The highest BCUT2D eigenvalue weighted by Crippen LogP contribution is 2.22. The highest BCUT2D eigenvalue weighted by Gasteiger charge is 2.18. The molecule has 0 saturated carbocycles. The molecule has 0 N–H and O–H groups in total. The zero-order valence-electron chi connectivity index (χ0n) is 17.0. The van der Waals surface area contributed by atoms with Gasteiger partial charge in [0.2, 0.25) is 11.7 Å². The van der Waals surface area contributed by atoms with Crippen molar-refractivity contribution in [2.45, 2.75) is 25.8 Å². The summed E-state index contributed by atoms with van der Waals surface area (Å²) in [5.74, 6) is 1.11. The molecule has 1 amide bonds. The first-order valence-electron chi connectivity index (χ1n) is 10.4. The van der Waals surface area contributed by atoms with Crippen molar-refractivity contribution < 1.29 is 9.32 Å². The maximum atomic E-state index is 12.3. The van der Waals surface area contributed by atoms with Gasteiger partial charge in [-0.25, -0.2) is 4.68 Å². The van der Waals surface area contributed by atoms with Crippen LogP contribution in [0.15, 0.2) is 53.1 Å². The van der Waals surface area contributed by atoms with Crippen molar-refractivity contribution in [3.8, 4) is 11.4 Å². The SMILES string of the molecule is O=C(CCn1nnc2cc(-c3noc(C=Cc4ccccc4)n3)ccc21)N1CCCC1. The number of carbonyl (C=O) groups excluding carboxylic acids is 1. The minimum Gasteiger partial charge on any atom is -0.343 e. The van der Waals surface area contributed by atoms with E-state index in [1.807, 2.05) is 59.5 Å². The van der Waals surface area contributed by atoms with Crippen molar-refractivity contribution in [2.75, 3.05) is 13.1 Å². The second-order valence-electron chi connectivity index (χ2n) is 7.55. The fourth-order valence-electron chi connectivity index (χ4n) is 3.75. The van der Waals surface area contributed by atoms with Gasteiger partial charge in [-0.2, -0.15) is 4.98 Å². The van der Waals surface area contributed by atoms with Crippen molar-refractivity contribution in [2.24, 2.45) is 0 Å². The monoisotopic (exact) mass is 414 g/mol. The Bertz CT molecular complexity index is 1220. The summed E-state index contributed by atoms with van der Waals surface area (Å²) in [6, 6.07) is 15.7. The molecule has 1 fully saturated rings. The number of aromatic nitrogens is 5. The van der Waals surface area contributed by atoms with Gasteiger partial charge in [0.05, 0.1) is 12.1 Å². The van der Waals surface area contributed by atoms with Gasteiger partial charge in [-0.1, -0.05) is 40.7 Å². The average Bonchev–Trinajstić information content (AvgIpc) is 3.57. The molecule has 5 rings (SSSR count). The van der Waals surface area contributed by atoms with E-state index in [1.54, 1.807) is 10.8 Å². The third kappa shape index (κ3) is 4.23. The van der Waals surface area contributed by atoms with Crippen LogP contribution in [-0.4, -0.2) is 49.0 Å². The molecular weight excluding hydrogens is 392 g/mol. The van der Waals surface area contributed by atoms with Gasteiger partial charge in [-0.15, -0.1) is 5.10 Å². The molecule has 2 aromatic carbocycles. The largest absolute Gasteiger partial charge is 0.343 e. The number of hydrogen-bond donors (Lipinski definition) is 0. The number of aryl methyl sites for hydroxylation is 1. The maximum Gasteiger partial charge on any atom is 0.250 e. The van der Waals surface area contributed by atoms with Crippen LogP contribution in [0.25, 0.3) is 34.6 Å². The number of amides is 1. The lowest BCUT2D eigenvalue weighted by Gasteiger charge is -2.14. The van der Waals surface area contributed by atoms with Crippen LogP contribution in [0.2, 0.25) is 0 Å². The fourth-order valence-corrected chi connectivity index (χ4v) is 3.75. The molecule has 2 aromatic heterocycles. The number of hydrogen-bond acceptors (Lipinski definition) is 6. The third-order valence-corrected chi connectivity index (χ3v) is 5.43. The van der Waals surface area contributed by atoms with Crippen LogP contribution in [0.4, 0.5) is 0 Å². The Labute approximate surface area is 179 Å². The van der Waals surface area contributed by atoms with Crippen LogP contribution in [-0.2, 0) is 11.3 Å². The molecule has 1 aliphatic rings. The summed E-state index contributed by atoms with van der Waals surface area (Å²) >= 11 is 0. The van der Waals surface area contributed by atoms with E-state index in [-0.39, 0.29) is 5.91 Å². The summed E-state index contributed by atoms with van der Waals surface area (Å²) in [5, 5.41) is 12.5. The number of carbonyl (C=O) groups is 1. The topological polar surface area (TPSA) is 89.9 Å². The first-order valence-corrected chi connectivity index (χ1v) is 10.4. The summed E-state index contributed by atoms with van der Waals surface area (Å²) in [5.41, 5.74) is 3.47. The van der Waals surface area contributed by atoms with Gasteiger partial charge in [0, 0.05) is 31.1 Å². The molecule has 31 heavy (non-hydrogen) atoms. The summed E-state index contributed by atoms with van der Waals surface area (Å²) in [4.78, 5) is 18.7. The van der Waals surface area contributed by atoms with Crippen LogP contribution in [0.3, 0.4) is 0 Å². The molecule has 1 saturated heterocycles. The molecule has 0 spiro atoms. The van der Waals surface area contributed by atoms with E-state index in [0.717, 1.165) is 48.1 Å². The Hall–Kier alpha value is -3.81. The van der Waals surface area contributed by atoms with Gasteiger partial charge < -0.3 is 9.42 Å². The zero-order chi connectivity index (χ0) is 21.0. The van der Waals surface area contributed by atoms with Crippen molar-refractivity contribution in [3.63, 3.8) is 0 Å². The smallest absolute Gasteiger partial charge is 0.250 e. The molecule has 8 nitrogen and oxygen atoms in total. The van der Waals surface area contributed by atoms with Crippen LogP contribution in [0.5, 0.6) is 0 Å². The summed E-state index contributed by atoms with van der Waals surface area (Å²) in [7, 11) is 0. The van der Waals surface area contributed by atoms with Gasteiger partial charge in [0.15, 0.2) is 0 Å². The summed E-state index contributed by atoms with van der Waals surface area (Å²) in [6.45, 7) is 2.25. The van der Waals surface area contributed by atoms with Crippen molar-refractivity contribution >= 4 is 29.1 Å². The molecule has 156 valence electrons. The quantitative estimate of drug-likeness (QED) is 0.478. The lowest BCUT2D eigenvalue weighted by atomic mass is 10.2. The van der Waals surface area contributed by atoms with Crippen molar-refractivity contribution in [3.05, 3.63) is 60.0 Å². The zero-order valence-corrected chi connectivity index (χ0v) is 17.0. The highest BCUT2D eigenvalue weighted by molar-refractivity contribution is 5.80. The highest BCUT2D eigenvalue weighted by atomic mass is 16.5. The van der Waals surface area contributed by atoms with Gasteiger partial charge in [0.1, 0.15) is 5.52 Å². The van der Waals surface area contributed by atoms with Gasteiger partial charge >= 0.3 is 0 Å². The standard InChI is InChI=1S/C23H22N6O2/c30-22(28-13-4-5-14-28)12-15-29-20-10-9-18(16-19(20)25-27-29)23-24-21(31-26-23)11-8-17-6-2-1-3-7-17/h1-3,6-11,16H,4-5,12-15H2. The molecule has 4 aromatic rings. The van der Waals surface area contributed by atoms with Crippen LogP contribution >= 0.6 is 0 Å². The summed E-state index contributed by atoms with van der Waals surface area (Å²) in [6.07, 6.45) is 6.34. The number of rotatable bonds is 6. The van der Waals surface area contributed by atoms with Crippen LogP contribution in [0, 0.1) is 0 Å². The molecular formula is C23H22N6O2. The predicted molar refractivity (Wildman–Crippen MR) is 117 cm³/mol. The van der Waals surface area contributed by atoms with E-state index in [2.05, 4.69) is 20.5 Å². The number of nitrogens with zero attached hydrogens (tertiary/aromatic N) is 6. The van der Waals surface area contributed by atoms with E-state index in [0.29, 0.717) is 24.7 Å². The van der Waals surface area contributed by atoms with Gasteiger partial charge in [-0.05, 0) is 42.7 Å². The molecule has 0 radical (unpaired) electrons. The van der Waals surface area contributed by atoms with Gasteiger partial charge in [0.25, 0.3) is 5.89 Å². The molecule has 0 atom stereocenters. The van der Waals surface area contributed by atoms with Crippen molar-refractivity contribution in [1.29, 1.82) is 0 Å². The molecule has 8 heteroatoms. The second kappa shape index (κ2) is 8.51. The predicted octanol–water partition coefficient (Wildman–Crippen LogP) is 3.66. The molecule has 1 aliphatic heterocycles. The van der Waals surface area contributed by atoms with E-state index >= 15 is 0 Å². The van der Waals surface area contributed by atoms with Crippen molar-refractivity contribution in [1.82, 2.24) is 30.0 Å². The Morgan fingerprint density at radius 3 is 2.74 bits per heavy atom. The number of likely N-dealkylation sites (tertiary alicyclic amines) is 1. The maximum absolute atomic E-state index is 12.3. The van der Waals surface area contributed by atoms with E-state index in [9.17, 15) is 4.79 Å². The molecule has 0 aliphatic carbocycles. The van der Waals surface area contributed by atoms with E-state index < -0.39 is 0 Å². The minimum absolute atomic E-state index is 0.181. The Balaban J connectivity index is 1.29. The molecule has 0 bridgehead atoms. The minimum atomic E-state index is 0.181. The van der Waals surface area contributed by atoms with E-state index in [1.165, 1.54) is 0 Å². The average molecular weight is 414 g/mol. The Morgan fingerprint density at radius 2 is 1.90 bits per heavy atom. The lowest BCUT2D eigenvalue weighted by Crippen LogP contribution is -2.28. The van der Waals surface area contributed by atoms with E-state index in [4.69, 9.17) is 4.52 Å². The fraction of sp³-hybridized carbons (Fsp3) is 0.261. The van der Waals surface area contributed by atoms with Crippen LogP contribution < -0.4 is 0 Å². The lowest BCUT2D eigenvalue weighted by molar-refractivity contribution is -0.130. The third-order valence-electron chi connectivity index (χ3n) is 5.43. The normalized spacial score (nSPS) is 14.1. The number of fused-ring (bicyclic) bond motifs is 1. The molecule has 3 heterocycles. The summed E-state index contributed by atoms with van der Waals surface area (Å²) < 4.78 is 7.12. The Morgan fingerprint density at radius 1 is 1.06 bits per heavy atom. The molecule has 0 unspecified atom stereocenters. The van der Waals surface area contributed by atoms with Crippen LogP contribution in [0.1, 0.15) is 30.7 Å². The van der Waals surface area contributed by atoms with Gasteiger partial charge in [-0.3, -0.25) is 4.79 Å². The Kier molecular flexibility index (Phi) is 5.26. The second-order valence-corrected chi connectivity index (χ2v) is 7.55. The first-order chi connectivity index (χ1) is 15.3.